The van der Waals surface area contributed by atoms with Gasteiger partial charge in [0.25, 0.3) is 0 Å². The van der Waals surface area contributed by atoms with Crippen LogP contribution in [0.1, 0.15) is 19.4 Å². The maximum Gasteiger partial charge on any atom is 0.314 e. The van der Waals surface area contributed by atoms with Crippen LogP contribution in [0.4, 0.5) is 0 Å². The van der Waals surface area contributed by atoms with E-state index in [0.29, 0.717) is 17.5 Å². The topological polar surface area (TPSA) is 103 Å². The van der Waals surface area contributed by atoms with Crippen molar-refractivity contribution in [3.8, 4) is 39.9 Å². The van der Waals surface area contributed by atoms with Crippen LogP contribution in [0.25, 0.3) is 34.0 Å². The Morgan fingerprint density at radius 3 is 2.36 bits per heavy atom. The van der Waals surface area contributed by atoms with Gasteiger partial charge in [-0.1, -0.05) is 30.3 Å². The summed E-state index contributed by atoms with van der Waals surface area (Å²) in [4.78, 5) is 32.8. The van der Waals surface area contributed by atoms with Crippen molar-refractivity contribution in [3.05, 3.63) is 66.7 Å². The van der Waals surface area contributed by atoms with Crippen LogP contribution in [0.5, 0.6) is 5.88 Å². The Bertz CT molecular complexity index is 1250. The van der Waals surface area contributed by atoms with Crippen LogP contribution in [0.2, 0.25) is 0 Å². The summed E-state index contributed by atoms with van der Waals surface area (Å²) in [5.41, 5.74) is 3.87. The minimum absolute atomic E-state index is 0.164. The monoisotopic (exact) mass is 443 g/mol. The van der Waals surface area contributed by atoms with Crippen molar-refractivity contribution in [1.29, 1.82) is 0 Å². The molecule has 0 aliphatic carbocycles. The van der Waals surface area contributed by atoms with Gasteiger partial charge in [0.2, 0.25) is 5.88 Å². The summed E-state index contributed by atoms with van der Waals surface area (Å²) in [6.07, 6.45) is 6.99. The molecule has 33 heavy (non-hydrogen) atoms. The van der Waals surface area contributed by atoms with Gasteiger partial charge in [0.05, 0.1) is 24.4 Å². The van der Waals surface area contributed by atoms with E-state index in [1.165, 1.54) is 7.11 Å². The lowest BCUT2D eigenvalue weighted by molar-refractivity contribution is -0.152. The quantitative estimate of drug-likeness (QED) is 0.420. The number of imidazole rings is 1. The number of benzene rings is 1. The summed E-state index contributed by atoms with van der Waals surface area (Å²) in [7, 11) is 1.36. The molecule has 8 heteroatoms. The van der Waals surface area contributed by atoms with Gasteiger partial charge < -0.3 is 14.5 Å². The number of aromatic amines is 1. The SMILES string of the molecule is COC(=O)C(C)(C)COc1cc(C)c(-c2cnc(-c3ncc(-c4ccccc4)[nH]3)nc2)cn1. The van der Waals surface area contributed by atoms with Gasteiger partial charge in [-0.3, -0.25) is 4.79 Å². The van der Waals surface area contributed by atoms with Gasteiger partial charge in [0.15, 0.2) is 11.6 Å². The molecule has 0 saturated heterocycles. The second-order valence-corrected chi connectivity index (χ2v) is 8.31. The molecule has 0 amide bonds. The molecule has 8 nitrogen and oxygen atoms in total. The standard InChI is InChI=1S/C25H25N5O3/c1-16-10-21(33-15-25(2,3)24(31)32-4)26-13-19(16)18-11-27-22(28-12-18)23-29-14-20(30-23)17-8-6-5-7-9-17/h5-14H,15H2,1-4H3,(H,29,30). The first kappa shape index (κ1) is 22.1. The van der Waals surface area contributed by atoms with Crippen molar-refractivity contribution in [3.63, 3.8) is 0 Å². The van der Waals surface area contributed by atoms with Crippen LogP contribution < -0.4 is 4.74 Å². The molecule has 0 bridgehead atoms. The van der Waals surface area contributed by atoms with Gasteiger partial charge in [-0.25, -0.2) is 19.9 Å². The van der Waals surface area contributed by atoms with Crippen LogP contribution in [-0.4, -0.2) is 44.6 Å². The lowest BCUT2D eigenvalue weighted by Crippen LogP contribution is -2.32. The maximum atomic E-state index is 11.8. The molecule has 1 N–H and O–H groups in total. The first-order valence-corrected chi connectivity index (χ1v) is 10.5. The van der Waals surface area contributed by atoms with Crippen molar-refractivity contribution < 1.29 is 14.3 Å². The van der Waals surface area contributed by atoms with Gasteiger partial charge in [0.1, 0.15) is 6.61 Å². The highest BCUT2D eigenvalue weighted by Crippen LogP contribution is 2.27. The van der Waals surface area contributed by atoms with Crippen LogP contribution in [0.3, 0.4) is 0 Å². The molecule has 3 aromatic heterocycles. The van der Waals surface area contributed by atoms with Gasteiger partial charge in [-0.15, -0.1) is 0 Å². The summed E-state index contributed by atoms with van der Waals surface area (Å²) in [6, 6.07) is 11.8. The summed E-state index contributed by atoms with van der Waals surface area (Å²) < 4.78 is 10.5. The Kier molecular flexibility index (Phi) is 6.17. The molecule has 0 aliphatic rings. The third-order valence-corrected chi connectivity index (χ3v) is 5.24. The van der Waals surface area contributed by atoms with Crippen molar-refractivity contribution in [2.45, 2.75) is 20.8 Å². The van der Waals surface area contributed by atoms with Gasteiger partial charge in [0, 0.05) is 35.8 Å². The summed E-state index contributed by atoms with van der Waals surface area (Å²) in [5.74, 6) is 1.22. The molecule has 0 unspecified atom stereocenters. The van der Waals surface area contributed by atoms with E-state index >= 15 is 0 Å². The number of pyridine rings is 1. The first-order chi connectivity index (χ1) is 15.9. The first-order valence-electron chi connectivity index (χ1n) is 10.5. The smallest absolute Gasteiger partial charge is 0.314 e. The molecule has 0 aliphatic heterocycles. The molecule has 0 radical (unpaired) electrons. The van der Waals surface area contributed by atoms with E-state index in [2.05, 4.69) is 24.9 Å². The number of carbonyl (C=O) groups excluding carboxylic acids is 1. The van der Waals surface area contributed by atoms with E-state index in [9.17, 15) is 4.79 Å². The minimum atomic E-state index is -0.765. The lowest BCUT2D eigenvalue weighted by atomic mass is 9.95. The third kappa shape index (κ3) is 4.90. The van der Waals surface area contributed by atoms with E-state index < -0.39 is 5.41 Å². The molecule has 0 saturated carbocycles. The van der Waals surface area contributed by atoms with Gasteiger partial charge >= 0.3 is 5.97 Å². The molecular formula is C25H25N5O3. The number of hydrogen-bond acceptors (Lipinski definition) is 7. The molecule has 4 aromatic rings. The number of methoxy groups -OCH3 is 1. The van der Waals surface area contributed by atoms with Crippen LogP contribution in [0.15, 0.2) is 61.2 Å². The second-order valence-electron chi connectivity index (χ2n) is 8.31. The summed E-state index contributed by atoms with van der Waals surface area (Å²) in [5, 5.41) is 0. The zero-order valence-electron chi connectivity index (χ0n) is 19.0. The zero-order chi connectivity index (χ0) is 23.4. The number of nitrogens with one attached hydrogen (secondary N) is 1. The van der Waals surface area contributed by atoms with E-state index in [1.807, 2.05) is 43.3 Å². The van der Waals surface area contributed by atoms with Crippen LogP contribution in [0, 0.1) is 12.3 Å². The number of nitrogens with zero attached hydrogens (tertiary/aromatic N) is 4. The van der Waals surface area contributed by atoms with Crippen molar-refractivity contribution in [1.82, 2.24) is 24.9 Å². The predicted molar refractivity (Wildman–Crippen MR) is 124 cm³/mol. The Hall–Kier alpha value is -4.07. The minimum Gasteiger partial charge on any atom is -0.476 e. The van der Waals surface area contributed by atoms with Crippen molar-refractivity contribution in [2.24, 2.45) is 5.41 Å². The van der Waals surface area contributed by atoms with Gasteiger partial charge in [-0.05, 0) is 31.9 Å². The number of esters is 1. The number of H-pyrrole nitrogens is 1. The maximum absolute atomic E-state index is 11.8. The average Bonchev–Trinajstić information content (AvgIpc) is 3.33. The zero-order valence-corrected chi connectivity index (χ0v) is 19.0. The van der Waals surface area contributed by atoms with E-state index in [1.54, 1.807) is 38.6 Å². The number of ether oxygens (including phenoxy) is 2. The largest absolute Gasteiger partial charge is 0.476 e. The predicted octanol–water partition coefficient (Wildman–Crippen LogP) is 4.48. The fraction of sp³-hybridized carbons (Fsp3) is 0.240. The van der Waals surface area contributed by atoms with Crippen LogP contribution >= 0.6 is 0 Å². The Balaban J connectivity index is 1.48. The highest BCUT2D eigenvalue weighted by atomic mass is 16.5. The molecule has 168 valence electrons. The molecule has 3 heterocycles. The van der Waals surface area contributed by atoms with E-state index in [4.69, 9.17) is 9.47 Å². The second kappa shape index (κ2) is 9.20. The lowest BCUT2D eigenvalue weighted by Gasteiger charge is -2.21. The third-order valence-electron chi connectivity index (χ3n) is 5.24. The number of carbonyl (C=O) groups is 1. The molecule has 0 spiro atoms. The molecule has 4 rings (SSSR count). The normalized spacial score (nSPS) is 11.3. The number of rotatable bonds is 7. The van der Waals surface area contributed by atoms with E-state index in [-0.39, 0.29) is 12.6 Å². The fourth-order valence-electron chi connectivity index (χ4n) is 3.29. The molecule has 0 fully saturated rings. The Morgan fingerprint density at radius 2 is 1.70 bits per heavy atom. The van der Waals surface area contributed by atoms with Crippen molar-refractivity contribution >= 4 is 5.97 Å². The summed E-state index contributed by atoms with van der Waals surface area (Å²) in [6.45, 7) is 5.65. The molecule has 1 aromatic carbocycles. The van der Waals surface area contributed by atoms with Crippen molar-refractivity contribution in [2.75, 3.05) is 13.7 Å². The Morgan fingerprint density at radius 1 is 0.970 bits per heavy atom. The fourth-order valence-corrected chi connectivity index (χ4v) is 3.29. The molecular weight excluding hydrogens is 418 g/mol. The van der Waals surface area contributed by atoms with Gasteiger partial charge in [-0.2, -0.15) is 0 Å². The number of aromatic nitrogens is 5. The average molecular weight is 444 g/mol. The Labute approximate surface area is 192 Å². The van der Waals surface area contributed by atoms with Crippen LogP contribution in [-0.2, 0) is 9.53 Å². The molecule has 0 atom stereocenters. The number of aryl methyl sites for hydroxylation is 1. The highest BCUT2D eigenvalue weighted by molar-refractivity contribution is 5.76. The number of hydrogen-bond donors (Lipinski definition) is 1. The van der Waals surface area contributed by atoms with E-state index in [0.717, 1.165) is 27.9 Å². The highest BCUT2D eigenvalue weighted by Gasteiger charge is 2.30. The summed E-state index contributed by atoms with van der Waals surface area (Å²) >= 11 is 0.